The van der Waals surface area contributed by atoms with Gasteiger partial charge in [-0.05, 0) is 24.3 Å². The van der Waals surface area contributed by atoms with Gasteiger partial charge in [0.05, 0.1) is 5.56 Å². The summed E-state index contributed by atoms with van der Waals surface area (Å²) < 4.78 is 0. The van der Waals surface area contributed by atoms with E-state index >= 15 is 0 Å². The molecule has 0 bridgehead atoms. The molecule has 2 rings (SSSR count). The first-order valence-corrected chi connectivity index (χ1v) is 4.49. The summed E-state index contributed by atoms with van der Waals surface area (Å²) in [6.45, 7) is 0. The van der Waals surface area contributed by atoms with Crippen molar-refractivity contribution in [1.29, 1.82) is 0 Å². The standard InChI is InChI=1S/C11H9N3O.2ClH/c15-11(9-4-3-6-12-8-9)14-10-5-1-2-7-13-10;;/h1-8H,(H,13,14,15);2*1H. The van der Waals surface area contributed by atoms with Crippen LogP contribution in [0, 0.1) is 0 Å². The van der Waals surface area contributed by atoms with Gasteiger partial charge >= 0.3 is 0 Å². The Hall–Kier alpha value is -1.65. The lowest BCUT2D eigenvalue weighted by molar-refractivity contribution is 0.102. The van der Waals surface area contributed by atoms with E-state index in [9.17, 15) is 4.79 Å². The van der Waals surface area contributed by atoms with Crippen LogP contribution < -0.4 is 5.32 Å². The van der Waals surface area contributed by atoms with Gasteiger partial charge in [0.2, 0.25) is 0 Å². The van der Waals surface area contributed by atoms with Crippen molar-refractivity contribution in [2.75, 3.05) is 5.32 Å². The Morgan fingerprint density at radius 1 is 1.06 bits per heavy atom. The molecule has 4 nitrogen and oxygen atoms in total. The number of carbonyl (C=O) groups is 1. The summed E-state index contributed by atoms with van der Waals surface area (Å²) in [5.41, 5.74) is 0.517. The quantitative estimate of drug-likeness (QED) is 0.914. The molecule has 1 amide bonds. The highest BCUT2D eigenvalue weighted by atomic mass is 35.5. The van der Waals surface area contributed by atoms with Crippen molar-refractivity contribution >= 4 is 36.5 Å². The zero-order valence-electron chi connectivity index (χ0n) is 8.74. The molecule has 0 unspecified atom stereocenters. The lowest BCUT2D eigenvalue weighted by atomic mass is 10.3. The number of amides is 1. The van der Waals surface area contributed by atoms with Gasteiger partial charge in [-0.2, -0.15) is 0 Å². The van der Waals surface area contributed by atoms with Crippen LogP contribution in [0.4, 0.5) is 5.82 Å². The maximum absolute atomic E-state index is 11.6. The number of aromatic nitrogens is 2. The van der Waals surface area contributed by atoms with Crippen LogP contribution in [0.1, 0.15) is 10.4 Å². The summed E-state index contributed by atoms with van der Waals surface area (Å²) in [6, 6.07) is 8.75. The molecule has 2 heterocycles. The summed E-state index contributed by atoms with van der Waals surface area (Å²) in [7, 11) is 0. The largest absolute Gasteiger partial charge is 0.307 e. The molecule has 6 heteroatoms. The Balaban J connectivity index is 0.00000128. The molecule has 0 spiro atoms. The van der Waals surface area contributed by atoms with E-state index in [-0.39, 0.29) is 30.7 Å². The zero-order chi connectivity index (χ0) is 10.5. The summed E-state index contributed by atoms with van der Waals surface area (Å²) >= 11 is 0. The van der Waals surface area contributed by atoms with Gasteiger partial charge in [-0.3, -0.25) is 9.78 Å². The molecule has 2 aromatic rings. The first kappa shape index (κ1) is 15.3. The summed E-state index contributed by atoms with van der Waals surface area (Å²) in [5, 5.41) is 2.67. The fraction of sp³-hybridized carbons (Fsp3) is 0. The molecule has 0 atom stereocenters. The van der Waals surface area contributed by atoms with E-state index in [1.165, 1.54) is 6.20 Å². The van der Waals surface area contributed by atoms with Crippen LogP contribution in [0.15, 0.2) is 48.9 Å². The van der Waals surface area contributed by atoms with Crippen LogP contribution in [0.2, 0.25) is 0 Å². The van der Waals surface area contributed by atoms with Crippen LogP contribution >= 0.6 is 24.8 Å². The normalized spacial score (nSPS) is 8.47. The number of rotatable bonds is 2. The van der Waals surface area contributed by atoms with E-state index in [4.69, 9.17) is 0 Å². The monoisotopic (exact) mass is 271 g/mol. The van der Waals surface area contributed by atoms with Crippen molar-refractivity contribution < 1.29 is 4.79 Å². The number of nitrogens with one attached hydrogen (secondary N) is 1. The molecule has 0 saturated heterocycles. The first-order valence-electron chi connectivity index (χ1n) is 4.49. The molecule has 0 fully saturated rings. The van der Waals surface area contributed by atoms with Crippen LogP contribution in [0.3, 0.4) is 0 Å². The van der Waals surface area contributed by atoms with Gasteiger partial charge in [-0.1, -0.05) is 6.07 Å². The average Bonchev–Trinajstić information content (AvgIpc) is 2.31. The Kier molecular flexibility index (Phi) is 6.86. The highest BCUT2D eigenvalue weighted by Gasteiger charge is 2.04. The minimum atomic E-state index is -0.207. The van der Waals surface area contributed by atoms with E-state index in [0.717, 1.165) is 0 Å². The number of hydrogen-bond donors (Lipinski definition) is 1. The van der Waals surface area contributed by atoms with Crippen LogP contribution in [0.25, 0.3) is 0 Å². The number of anilines is 1. The number of hydrogen-bond acceptors (Lipinski definition) is 3. The van der Waals surface area contributed by atoms with Gasteiger partial charge in [0.15, 0.2) is 0 Å². The van der Waals surface area contributed by atoms with Gasteiger partial charge in [-0.25, -0.2) is 4.98 Å². The average molecular weight is 272 g/mol. The number of halogens is 2. The van der Waals surface area contributed by atoms with Crippen molar-refractivity contribution in [2.24, 2.45) is 0 Å². The minimum absolute atomic E-state index is 0. The van der Waals surface area contributed by atoms with Gasteiger partial charge in [0.1, 0.15) is 5.82 Å². The fourth-order valence-electron chi connectivity index (χ4n) is 1.12. The van der Waals surface area contributed by atoms with Gasteiger partial charge in [0.25, 0.3) is 5.91 Å². The number of carbonyl (C=O) groups excluding carboxylic acids is 1. The lowest BCUT2D eigenvalue weighted by Crippen LogP contribution is -2.12. The van der Waals surface area contributed by atoms with Crippen molar-refractivity contribution in [1.82, 2.24) is 9.97 Å². The van der Waals surface area contributed by atoms with E-state index in [1.54, 1.807) is 36.7 Å². The van der Waals surface area contributed by atoms with Crippen LogP contribution in [-0.4, -0.2) is 15.9 Å². The second-order valence-corrected chi connectivity index (χ2v) is 2.91. The highest BCUT2D eigenvalue weighted by Crippen LogP contribution is 2.03. The van der Waals surface area contributed by atoms with Crippen LogP contribution in [-0.2, 0) is 0 Å². The molecule has 1 N–H and O–H groups in total. The molecule has 17 heavy (non-hydrogen) atoms. The predicted octanol–water partition coefficient (Wildman–Crippen LogP) is 2.57. The predicted molar refractivity (Wildman–Crippen MR) is 70.9 cm³/mol. The SMILES string of the molecule is Cl.Cl.O=C(Nc1ccccn1)c1cccnc1. The maximum atomic E-state index is 11.6. The van der Waals surface area contributed by atoms with Gasteiger partial charge in [0, 0.05) is 18.6 Å². The topological polar surface area (TPSA) is 54.9 Å². The Morgan fingerprint density at radius 2 is 1.88 bits per heavy atom. The molecule has 0 aromatic carbocycles. The Bertz CT molecular complexity index is 451. The van der Waals surface area contributed by atoms with E-state index in [0.29, 0.717) is 11.4 Å². The fourth-order valence-corrected chi connectivity index (χ4v) is 1.12. The molecule has 0 aliphatic heterocycles. The van der Waals surface area contributed by atoms with Crippen molar-refractivity contribution in [3.8, 4) is 0 Å². The summed E-state index contributed by atoms with van der Waals surface area (Å²) in [4.78, 5) is 19.5. The molecule has 0 aliphatic rings. The number of pyridine rings is 2. The Labute approximate surface area is 111 Å². The summed E-state index contributed by atoms with van der Waals surface area (Å²) in [6.07, 6.45) is 4.76. The lowest BCUT2D eigenvalue weighted by Gasteiger charge is -2.02. The zero-order valence-corrected chi connectivity index (χ0v) is 10.4. The minimum Gasteiger partial charge on any atom is -0.307 e. The third-order valence-electron chi connectivity index (χ3n) is 1.83. The molecule has 0 saturated carbocycles. The highest BCUT2D eigenvalue weighted by molar-refractivity contribution is 6.03. The van der Waals surface area contributed by atoms with Crippen LogP contribution in [0.5, 0.6) is 0 Å². The maximum Gasteiger partial charge on any atom is 0.258 e. The number of nitrogens with zero attached hydrogens (tertiary/aromatic N) is 2. The summed E-state index contributed by atoms with van der Waals surface area (Å²) in [5.74, 6) is 0.327. The van der Waals surface area contributed by atoms with Crippen molar-refractivity contribution in [3.05, 3.63) is 54.5 Å². The smallest absolute Gasteiger partial charge is 0.258 e. The van der Waals surface area contributed by atoms with Crippen molar-refractivity contribution in [2.45, 2.75) is 0 Å². The third-order valence-corrected chi connectivity index (χ3v) is 1.83. The molecule has 2 aromatic heterocycles. The molecule has 90 valence electrons. The molecular weight excluding hydrogens is 261 g/mol. The molecule has 0 aliphatic carbocycles. The van der Waals surface area contributed by atoms with Gasteiger partial charge < -0.3 is 5.32 Å². The third kappa shape index (κ3) is 4.38. The van der Waals surface area contributed by atoms with E-state index in [1.807, 2.05) is 6.07 Å². The van der Waals surface area contributed by atoms with Crippen molar-refractivity contribution in [3.63, 3.8) is 0 Å². The Morgan fingerprint density at radius 3 is 2.47 bits per heavy atom. The van der Waals surface area contributed by atoms with E-state index in [2.05, 4.69) is 15.3 Å². The van der Waals surface area contributed by atoms with E-state index < -0.39 is 0 Å². The van der Waals surface area contributed by atoms with Gasteiger partial charge in [-0.15, -0.1) is 24.8 Å². The second-order valence-electron chi connectivity index (χ2n) is 2.91. The molecule has 0 radical (unpaired) electrons. The second kappa shape index (κ2) is 7.60. The first-order chi connectivity index (χ1) is 7.36. The molecular formula is C11H11Cl2N3O.